The number of likely N-dealkylation sites (tertiary alicyclic amines) is 1. The fraction of sp³-hybridized carbons (Fsp3) is 0.667. The van der Waals surface area contributed by atoms with Crippen LogP contribution in [0.25, 0.3) is 0 Å². The second kappa shape index (κ2) is 4.99. The van der Waals surface area contributed by atoms with Crippen LogP contribution >= 0.6 is 0 Å². The Morgan fingerprint density at radius 1 is 1.24 bits per heavy atom. The summed E-state index contributed by atoms with van der Waals surface area (Å²) in [6.07, 6.45) is 3.44. The summed E-state index contributed by atoms with van der Waals surface area (Å²) in [5, 5.41) is 0. The molecular formula is C18H28N2O. The van der Waals surface area contributed by atoms with E-state index in [4.69, 9.17) is 10.5 Å². The molecule has 0 aromatic heterocycles. The first-order valence-corrected chi connectivity index (χ1v) is 8.04. The summed E-state index contributed by atoms with van der Waals surface area (Å²) >= 11 is 0. The van der Waals surface area contributed by atoms with Crippen molar-refractivity contribution in [3.8, 4) is 5.75 Å². The van der Waals surface area contributed by atoms with Gasteiger partial charge in [0.2, 0.25) is 0 Å². The Morgan fingerprint density at radius 2 is 1.90 bits per heavy atom. The molecule has 1 aromatic rings. The number of nitrogens with zero attached hydrogens (tertiary/aromatic N) is 1. The van der Waals surface area contributed by atoms with Crippen molar-refractivity contribution < 1.29 is 4.74 Å². The Bertz CT molecular complexity index is 525. The number of fused-ring (bicyclic) bond motifs is 1. The van der Waals surface area contributed by atoms with Crippen LogP contribution in [0.15, 0.2) is 18.2 Å². The maximum absolute atomic E-state index is 6.66. The predicted octanol–water partition coefficient (Wildman–Crippen LogP) is 3.13. The van der Waals surface area contributed by atoms with Crippen molar-refractivity contribution in [1.29, 1.82) is 0 Å². The second-order valence-electron chi connectivity index (χ2n) is 7.70. The van der Waals surface area contributed by atoms with Gasteiger partial charge in [0.1, 0.15) is 5.75 Å². The molecule has 1 atom stereocenters. The van der Waals surface area contributed by atoms with Gasteiger partial charge in [0, 0.05) is 11.6 Å². The SMILES string of the molecule is COc1cccc2c1CC1(CCN(C(C)(C)C)CC1)[C@@H]2N. The molecular weight excluding hydrogens is 260 g/mol. The van der Waals surface area contributed by atoms with E-state index in [-0.39, 0.29) is 17.0 Å². The van der Waals surface area contributed by atoms with Crippen molar-refractivity contribution in [2.24, 2.45) is 11.1 Å². The van der Waals surface area contributed by atoms with E-state index in [0.29, 0.717) is 0 Å². The van der Waals surface area contributed by atoms with Crippen LogP contribution in [-0.2, 0) is 6.42 Å². The Balaban J connectivity index is 1.84. The van der Waals surface area contributed by atoms with Crippen molar-refractivity contribution >= 4 is 0 Å². The van der Waals surface area contributed by atoms with Crippen LogP contribution in [0, 0.1) is 5.41 Å². The maximum Gasteiger partial charge on any atom is 0.122 e. The molecule has 0 unspecified atom stereocenters. The minimum absolute atomic E-state index is 0.157. The first kappa shape index (κ1) is 14.9. The topological polar surface area (TPSA) is 38.5 Å². The lowest BCUT2D eigenvalue weighted by Crippen LogP contribution is -2.50. The first-order valence-electron chi connectivity index (χ1n) is 8.04. The Labute approximate surface area is 128 Å². The van der Waals surface area contributed by atoms with E-state index >= 15 is 0 Å². The highest BCUT2D eigenvalue weighted by atomic mass is 16.5. The van der Waals surface area contributed by atoms with E-state index < -0.39 is 0 Å². The van der Waals surface area contributed by atoms with Gasteiger partial charge in [-0.15, -0.1) is 0 Å². The molecule has 1 saturated heterocycles. The normalized spacial score (nSPS) is 25.1. The van der Waals surface area contributed by atoms with E-state index in [1.807, 2.05) is 0 Å². The lowest BCUT2D eigenvalue weighted by molar-refractivity contribution is 0.0344. The third-order valence-corrected chi connectivity index (χ3v) is 5.62. The molecule has 3 nitrogen and oxygen atoms in total. The van der Waals surface area contributed by atoms with Crippen molar-refractivity contribution in [2.45, 2.75) is 51.6 Å². The minimum atomic E-state index is 0.157. The fourth-order valence-corrected chi connectivity index (χ4v) is 4.16. The molecule has 0 amide bonds. The number of ether oxygens (including phenoxy) is 1. The minimum Gasteiger partial charge on any atom is -0.496 e. The number of piperidine rings is 1. The summed E-state index contributed by atoms with van der Waals surface area (Å²) in [6.45, 7) is 9.20. The van der Waals surface area contributed by atoms with Crippen molar-refractivity contribution in [1.82, 2.24) is 4.90 Å². The number of benzene rings is 1. The van der Waals surface area contributed by atoms with Gasteiger partial charge in [0.05, 0.1) is 7.11 Å². The number of nitrogens with two attached hydrogens (primary N) is 1. The molecule has 1 aliphatic carbocycles. The molecule has 0 radical (unpaired) electrons. The van der Waals surface area contributed by atoms with Crippen LogP contribution in [0.4, 0.5) is 0 Å². The summed E-state index contributed by atoms with van der Waals surface area (Å²) in [5.74, 6) is 1.01. The third kappa shape index (κ3) is 2.36. The highest BCUT2D eigenvalue weighted by Gasteiger charge is 2.47. The predicted molar refractivity (Wildman–Crippen MR) is 86.6 cm³/mol. The molecule has 1 aliphatic heterocycles. The quantitative estimate of drug-likeness (QED) is 0.863. The number of hydrogen-bond acceptors (Lipinski definition) is 3. The molecule has 3 rings (SSSR count). The van der Waals surface area contributed by atoms with Crippen LogP contribution in [0.5, 0.6) is 5.75 Å². The number of hydrogen-bond donors (Lipinski definition) is 1. The monoisotopic (exact) mass is 288 g/mol. The third-order valence-electron chi connectivity index (χ3n) is 5.62. The summed E-state index contributed by atoms with van der Waals surface area (Å²) in [7, 11) is 1.76. The molecule has 3 heteroatoms. The molecule has 1 fully saturated rings. The van der Waals surface area contributed by atoms with Gasteiger partial charge in [-0.2, -0.15) is 0 Å². The smallest absolute Gasteiger partial charge is 0.122 e. The average molecular weight is 288 g/mol. The highest BCUT2D eigenvalue weighted by molar-refractivity contribution is 5.47. The van der Waals surface area contributed by atoms with E-state index in [2.05, 4.69) is 43.9 Å². The van der Waals surface area contributed by atoms with Crippen LogP contribution in [0.1, 0.15) is 50.8 Å². The number of methoxy groups -OCH3 is 1. The second-order valence-corrected chi connectivity index (χ2v) is 7.70. The van der Waals surface area contributed by atoms with Gasteiger partial charge in [-0.25, -0.2) is 0 Å². The van der Waals surface area contributed by atoms with Crippen LogP contribution in [0.3, 0.4) is 0 Å². The van der Waals surface area contributed by atoms with Crippen molar-refractivity contribution in [2.75, 3.05) is 20.2 Å². The van der Waals surface area contributed by atoms with Gasteiger partial charge in [-0.05, 0) is 75.7 Å². The Kier molecular flexibility index (Phi) is 3.53. The summed E-state index contributed by atoms with van der Waals surface area (Å²) in [5.41, 5.74) is 9.80. The van der Waals surface area contributed by atoms with E-state index in [0.717, 1.165) is 25.3 Å². The lowest BCUT2D eigenvalue weighted by Gasteiger charge is -2.47. The summed E-state index contributed by atoms with van der Waals surface area (Å²) in [6, 6.07) is 6.48. The molecule has 1 aromatic carbocycles. The largest absolute Gasteiger partial charge is 0.496 e. The fourth-order valence-electron chi connectivity index (χ4n) is 4.16. The maximum atomic E-state index is 6.66. The Hall–Kier alpha value is -1.06. The molecule has 1 heterocycles. The zero-order chi connectivity index (χ0) is 15.3. The zero-order valence-electron chi connectivity index (χ0n) is 13.8. The average Bonchev–Trinajstić information content (AvgIpc) is 2.72. The molecule has 21 heavy (non-hydrogen) atoms. The standard InChI is InChI=1S/C18H28N2O/c1-17(2,3)20-10-8-18(9-11-20)12-14-13(16(18)19)6-5-7-15(14)21-4/h5-7,16H,8-12,19H2,1-4H3/t16-/m1/s1. The van der Waals surface area contributed by atoms with E-state index in [1.54, 1.807) is 7.11 Å². The van der Waals surface area contributed by atoms with E-state index in [9.17, 15) is 0 Å². The van der Waals surface area contributed by atoms with E-state index in [1.165, 1.54) is 24.0 Å². The van der Waals surface area contributed by atoms with Crippen molar-refractivity contribution in [3.05, 3.63) is 29.3 Å². The molecule has 1 spiro atoms. The number of rotatable bonds is 1. The van der Waals surface area contributed by atoms with Gasteiger partial charge in [0.25, 0.3) is 0 Å². The summed E-state index contributed by atoms with van der Waals surface area (Å²) in [4.78, 5) is 2.59. The van der Waals surface area contributed by atoms with Gasteiger partial charge in [0.15, 0.2) is 0 Å². The van der Waals surface area contributed by atoms with Gasteiger partial charge < -0.3 is 10.5 Å². The van der Waals surface area contributed by atoms with Crippen LogP contribution in [-0.4, -0.2) is 30.6 Å². The molecule has 2 aliphatic rings. The van der Waals surface area contributed by atoms with Crippen LogP contribution < -0.4 is 10.5 Å². The summed E-state index contributed by atoms with van der Waals surface area (Å²) < 4.78 is 5.55. The first-order chi connectivity index (χ1) is 9.87. The molecule has 0 saturated carbocycles. The molecule has 2 N–H and O–H groups in total. The Morgan fingerprint density at radius 3 is 2.48 bits per heavy atom. The lowest BCUT2D eigenvalue weighted by atomic mass is 9.72. The van der Waals surface area contributed by atoms with Gasteiger partial charge in [-0.3, -0.25) is 4.90 Å². The van der Waals surface area contributed by atoms with Crippen LogP contribution in [0.2, 0.25) is 0 Å². The van der Waals surface area contributed by atoms with Gasteiger partial charge in [-0.1, -0.05) is 12.1 Å². The van der Waals surface area contributed by atoms with Gasteiger partial charge >= 0.3 is 0 Å². The zero-order valence-corrected chi connectivity index (χ0v) is 13.8. The molecule has 0 bridgehead atoms. The van der Waals surface area contributed by atoms with Crippen molar-refractivity contribution in [3.63, 3.8) is 0 Å². The molecule has 116 valence electrons. The highest BCUT2D eigenvalue weighted by Crippen LogP contribution is 2.53.